The molecule has 15 nitrogen and oxygen atoms in total. The van der Waals surface area contributed by atoms with Crippen LogP contribution < -0.4 is 114 Å². The molecule has 34 heteroatoms. The summed E-state index contributed by atoms with van der Waals surface area (Å²) in [5.74, 6) is 3.50. The Kier molecular flexibility index (Phi) is 79.4. The number of nitrogens with zero attached hydrogens (tertiary/aromatic N) is 7. The molecule has 0 saturated carbocycles. The number of hydroxylamine groups is 1. The molecule has 6 heterocycles. The number of hydrogen-bond acceptors (Lipinski definition) is 10. The first-order chi connectivity index (χ1) is 30.8. The zero-order valence-corrected chi connectivity index (χ0v) is 57.6. The Hall–Kier alpha value is -0.608. The molecule has 70 heavy (non-hydrogen) atoms. The molecule has 6 rings (SSSR count). The first kappa shape index (κ1) is 86.1. The Morgan fingerprint density at radius 3 is 1.17 bits per heavy atom. The van der Waals surface area contributed by atoms with E-state index in [0.717, 1.165) is 0 Å². The van der Waals surface area contributed by atoms with Gasteiger partial charge >= 0.3 is 25.9 Å². The number of aromatic nitrogens is 6. The number of pyridine rings is 6. The van der Waals surface area contributed by atoms with Gasteiger partial charge in [0.05, 0.1) is 0 Å². The summed E-state index contributed by atoms with van der Waals surface area (Å²) in [7, 11) is 1.13. The lowest BCUT2D eigenvalue weighted by Crippen LogP contribution is -3.00. The third-order valence-corrected chi connectivity index (χ3v) is 23.5. The molecule has 1 unspecified atom stereocenters. The summed E-state index contributed by atoms with van der Waals surface area (Å²) < 4.78 is 26.6. The van der Waals surface area contributed by atoms with Gasteiger partial charge in [-0.15, -0.1) is 33.2 Å². The zero-order valence-electron chi connectivity index (χ0n) is 38.1. The minimum Gasteiger partial charge on any atom is -1.00 e. The quantitative estimate of drug-likeness (QED) is 0.0216. The van der Waals surface area contributed by atoms with Crippen LogP contribution in [0.15, 0.2) is 184 Å². The van der Waals surface area contributed by atoms with E-state index in [-0.39, 0.29) is 106 Å². The summed E-state index contributed by atoms with van der Waals surface area (Å²) in [5, 5.41) is 6.50. The van der Waals surface area contributed by atoms with Crippen LogP contribution in [0.3, 0.4) is 0 Å². The first-order valence-electron chi connectivity index (χ1n) is 19.5. The maximum atomic E-state index is 6.50. The Morgan fingerprint density at radius 1 is 0.571 bits per heavy atom. The van der Waals surface area contributed by atoms with Crippen molar-refractivity contribution in [3.05, 3.63) is 184 Å². The highest BCUT2D eigenvalue weighted by Crippen LogP contribution is 1.97. The predicted octanol–water partition coefficient (Wildman–Crippen LogP) is -17.6. The molecule has 6 aromatic heterocycles. The fourth-order valence-electron chi connectivity index (χ4n) is 4.79. The molecule has 0 aliphatic rings. The van der Waals surface area contributed by atoms with E-state index in [1.165, 1.54) is 0 Å². The molecule has 8 N–H and O–H groups in total. The molecular weight excluding hydrogens is 1250 g/mol. The van der Waals surface area contributed by atoms with Gasteiger partial charge in [0.15, 0.2) is 101 Å². The van der Waals surface area contributed by atoms with Crippen LogP contribution in [0, 0.1) is 0 Å². The molecule has 1 atom stereocenters. The molecule has 400 valence electrons. The number of rotatable bonds is 16. The second-order valence-electron chi connectivity index (χ2n) is 12.1. The van der Waals surface area contributed by atoms with Crippen molar-refractivity contribution >= 4 is 138 Å². The van der Waals surface area contributed by atoms with Crippen molar-refractivity contribution in [2.24, 2.45) is 5.90 Å². The molecule has 0 spiro atoms. The highest BCUT2D eigenvalue weighted by molar-refractivity contribution is 7.54. The van der Waals surface area contributed by atoms with Crippen molar-refractivity contribution < 1.29 is 92.9 Å². The average Bonchev–Trinajstić information content (AvgIpc) is 3.33. The molecule has 0 radical (unpaired) electrons. The van der Waals surface area contributed by atoms with Crippen molar-refractivity contribution in [1.82, 2.24) is 33.6 Å². The van der Waals surface area contributed by atoms with E-state index in [2.05, 4.69) is 190 Å². The summed E-state index contributed by atoms with van der Waals surface area (Å²) in [5.41, 5.74) is 2.78. The van der Waals surface area contributed by atoms with Crippen LogP contribution in [0.2, 0.25) is 6.55 Å². The number of nitrogens with one attached hydrogen (secondary N) is 5. The van der Waals surface area contributed by atoms with Gasteiger partial charge in [0.2, 0.25) is 8.14 Å². The third kappa shape index (κ3) is 49.6. The molecule has 0 aliphatic carbocycles. The lowest BCUT2D eigenvalue weighted by molar-refractivity contribution is -0.793. The van der Waals surface area contributed by atoms with Crippen molar-refractivity contribution in [3.63, 3.8) is 0 Å². The van der Waals surface area contributed by atoms with E-state index >= 15 is 0 Å². The van der Waals surface area contributed by atoms with Gasteiger partial charge in [0.1, 0.15) is 0 Å². The summed E-state index contributed by atoms with van der Waals surface area (Å²) in [6.45, 7) is 0.551. The summed E-state index contributed by atoms with van der Waals surface area (Å²) >= 11 is 24.6. The lowest BCUT2D eigenvalue weighted by atomic mass is 10.5. The second-order valence-corrected chi connectivity index (χ2v) is 38.6. The normalized spacial score (nSPS) is 9.97. The van der Waals surface area contributed by atoms with Crippen molar-refractivity contribution in [3.8, 4) is 0 Å². The molecule has 0 fully saturated rings. The monoisotopic (exact) mass is 1320 g/mol. The summed E-state index contributed by atoms with van der Waals surface area (Å²) in [4.78, 5) is 10.4. The minimum absolute atomic E-state index is 0. The van der Waals surface area contributed by atoms with Gasteiger partial charge in [-0.3, -0.25) is 4.98 Å². The van der Waals surface area contributed by atoms with Gasteiger partial charge in [0, 0.05) is 80.1 Å². The standard InChI is InChI=1S/C15H16N3Si.C10H12N2Si.C5H5N.C4H26N6OSi5.2CH4.Cl3HSi.Cl2H2Si.5ClH.H3NO/c1-4-10-16(11-5-1)19(17-12-6-2-7-13-17)18-14-8-3-9-15-18;1-3-7-11(8-4-1)13-12-9-5-2-6-10-12;1-2-4-6-5-3-1;1-5-11-15-10(13-6-2)14-8-12-9-16(4)7-3;;;1-4(2)3;1-3-2;;;;;;1-2/h1-15,19H;1-10H,13H2;1-5H;5-9,16H,12-15H2,1-4H3;2*1H4;4H;3H2;5*1H;2H,1H2/q+3;+2;;;;;;;;;;;;/p-5. The van der Waals surface area contributed by atoms with Crippen molar-refractivity contribution in [1.29, 1.82) is 0 Å². The molecule has 0 saturated heterocycles. The predicted molar refractivity (Wildman–Crippen MR) is 298 cm³/mol. The number of halogens is 10. The van der Waals surface area contributed by atoms with Crippen LogP contribution in [-0.2, 0) is 4.53 Å². The van der Waals surface area contributed by atoms with Crippen molar-refractivity contribution in [2.75, 3.05) is 21.1 Å². The Morgan fingerprint density at radius 2 is 0.900 bits per heavy atom. The fourth-order valence-corrected chi connectivity index (χ4v) is 20.8. The van der Waals surface area contributed by atoms with Gasteiger partial charge in [0.25, 0.3) is 9.92 Å². The first-order valence-corrected chi connectivity index (χ1v) is 39.4. The van der Waals surface area contributed by atoms with E-state index in [1.54, 1.807) is 12.4 Å². The highest BCUT2D eigenvalue weighted by atomic mass is 35.8. The van der Waals surface area contributed by atoms with E-state index in [4.69, 9.17) is 65.1 Å². The van der Waals surface area contributed by atoms with Crippen LogP contribution in [0.5, 0.6) is 0 Å². The molecule has 0 amide bonds. The maximum absolute atomic E-state index is 6.50. The molecule has 6 aromatic rings. The minimum atomic E-state index is -1.72. The molecular formula is C36H73Cl10N13O2Si9. The topological polar surface area (TPSA) is 151 Å². The zero-order chi connectivity index (χ0) is 46.6. The smallest absolute Gasteiger partial charge is 1.000 e. The van der Waals surface area contributed by atoms with E-state index in [1.807, 2.05) is 69.7 Å². The molecule has 0 aromatic carbocycles. The molecule has 0 aliphatic heterocycles. The van der Waals surface area contributed by atoms with E-state index < -0.39 is 53.0 Å². The Balaban J connectivity index is -0.000000116. The van der Waals surface area contributed by atoms with Crippen LogP contribution >= 0.6 is 55.4 Å². The average molecular weight is 1330 g/mol. The molecule has 0 bridgehead atoms. The number of nitrogens with two attached hydrogens (primary N) is 1. The SMILES string of the molecule is C.C.CNO[SiH2]N([SiH2]NC)[SiH2]N[SiH2]N[SiH](C)NC.Cl[SiH2]Cl.Cl[SiH](Cl)Cl.NO.[Cl-].[Cl-].[Cl-].[Cl-].[Cl-].c1cc[n+]([SiH2][n+]2ccccc2)cc1.c1cc[n+]([SiH]([n+]2ccccc2)[n+]2ccccc2)cc1.c1ccncc1. The Bertz CT molecular complexity index is 1680. The fraction of sp³-hybridized carbons (Fsp3) is 0.167. The van der Waals surface area contributed by atoms with Crippen LogP contribution in [0.25, 0.3) is 0 Å². The maximum Gasteiger partial charge on any atom is 1.000 e. The van der Waals surface area contributed by atoms with Gasteiger partial charge in [-0.1, -0.05) is 51.3 Å². The summed E-state index contributed by atoms with van der Waals surface area (Å²) in [6.07, 6.45) is 24.8. The lowest BCUT2D eigenvalue weighted by Gasteiger charge is -2.21. The highest BCUT2D eigenvalue weighted by Gasteiger charge is 2.51. The largest absolute Gasteiger partial charge is 1.00 e. The Labute approximate surface area is 491 Å². The van der Waals surface area contributed by atoms with Crippen LogP contribution in [-0.4, -0.2) is 118 Å². The van der Waals surface area contributed by atoms with Crippen molar-refractivity contribution in [2.45, 2.75) is 21.4 Å². The van der Waals surface area contributed by atoms with E-state index in [0.29, 0.717) is 0 Å². The van der Waals surface area contributed by atoms with Gasteiger partial charge in [-0.2, -0.15) is 34.9 Å². The van der Waals surface area contributed by atoms with Gasteiger partial charge < -0.3 is 94.9 Å². The summed E-state index contributed by atoms with van der Waals surface area (Å²) in [6, 6.07) is 36.7. The third-order valence-electron chi connectivity index (χ3n) is 7.54. The second kappa shape index (κ2) is 64.5. The van der Waals surface area contributed by atoms with Crippen LogP contribution in [0.1, 0.15) is 14.9 Å². The number of hydrogen-bond donors (Lipinski definition) is 7. The van der Waals surface area contributed by atoms with Crippen LogP contribution in [0.4, 0.5) is 0 Å². The van der Waals surface area contributed by atoms with Gasteiger partial charge in [-0.05, 0) is 32.8 Å². The van der Waals surface area contributed by atoms with E-state index in [9.17, 15) is 0 Å². The van der Waals surface area contributed by atoms with Gasteiger partial charge in [-0.25, -0.2) is 19.8 Å².